The number of hydrogen-bond acceptors (Lipinski definition) is 3. The Morgan fingerprint density at radius 3 is 2.41 bits per heavy atom. The second-order valence-corrected chi connectivity index (χ2v) is 10.9. The average Bonchev–Trinajstić information content (AvgIpc) is 3.15. The fourth-order valence-corrected chi connectivity index (χ4v) is 6.80. The lowest BCUT2D eigenvalue weighted by Gasteiger charge is -2.33. The van der Waals surface area contributed by atoms with Crippen LogP contribution in [-0.4, -0.2) is 17.3 Å². The van der Waals surface area contributed by atoms with Gasteiger partial charge in [0.1, 0.15) is 11.6 Å². The molecule has 0 spiro atoms. The number of ketones is 3. The first kappa shape index (κ1) is 24.9. The van der Waals surface area contributed by atoms with Crippen LogP contribution in [0.2, 0.25) is 0 Å². The third-order valence-electron chi connectivity index (χ3n) is 8.31. The van der Waals surface area contributed by atoms with Crippen molar-refractivity contribution in [1.82, 2.24) is 0 Å². The fraction of sp³-hybridized carbons (Fsp3) is 0.690. The van der Waals surface area contributed by atoms with E-state index in [1.165, 1.54) is 49.3 Å². The molecule has 0 bridgehead atoms. The first-order valence-electron chi connectivity index (χ1n) is 12.9. The summed E-state index contributed by atoms with van der Waals surface area (Å²) in [6, 6.07) is 4.52. The minimum Gasteiger partial charge on any atom is -0.300 e. The van der Waals surface area contributed by atoms with Gasteiger partial charge in [-0.05, 0) is 79.9 Å². The van der Waals surface area contributed by atoms with Crippen molar-refractivity contribution in [2.45, 2.75) is 111 Å². The number of fused-ring (bicyclic) bond motifs is 1. The standard InChI is InChI=1S/C29H42O3/c1-6-10-22(24(7-2)26(31)15-19(3)30)16-21-17-23-11-12-25(29(5)13-8-9-14-29)20(4)28(23)27(32)18-21/h11-12,21-22,24H,6-10,13-18H2,1-5H3. The SMILES string of the molecule is CCCC(CC1CC(=O)c2c(ccc(C3(C)CCCC3)c2C)C1)C(CC)C(=O)CC(C)=O. The highest BCUT2D eigenvalue weighted by Gasteiger charge is 2.36. The number of carbonyl (C=O) groups is 3. The van der Waals surface area contributed by atoms with Crippen LogP contribution in [0.25, 0.3) is 0 Å². The van der Waals surface area contributed by atoms with Gasteiger partial charge >= 0.3 is 0 Å². The monoisotopic (exact) mass is 438 g/mol. The molecular formula is C29H42O3. The molecule has 0 heterocycles. The van der Waals surface area contributed by atoms with E-state index in [9.17, 15) is 14.4 Å². The molecular weight excluding hydrogens is 396 g/mol. The van der Waals surface area contributed by atoms with Crippen molar-refractivity contribution in [3.8, 4) is 0 Å². The maximum Gasteiger partial charge on any atom is 0.163 e. The molecule has 3 rings (SSSR count). The van der Waals surface area contributed by atoms with Crippen molar-refractivity contribution < 1.29 is 14.4 Å². The van der Waals surface area contributed by atoms with Crippen molar-refractivity contribution >= 4 is 17.3 Å². The molecule has 3 nitrogen and oxygen atoms in total. The van der Waals surface area contributed by atoms with Crippen LogP contribution in [0, 0.1) is 24.7 Å². The summed E-state index contributed by atoms with van der Waals surface area (Å²) in [5, 5.41) is 0. The van der Waals surface area contributed by atoms with Gasteiger partial charge in [-0.15, -0.1) is 0 Å². The first-order chi connectivity index (χ1) is 15.2. The molecule has 176 valence electrons. The second kappa shape index (κ2) is 10.4. The lowest BCUT2D eigenvalue weighted by molar-refractivity contribution is -0.129. The summed E-state index contributed by atoms with van der Waals surface area (Å²) in [6.45, 7) is 10.2. The van der Waals surface area contributed by atoms with E-state index in [-0.39, 0.29) is 46.9 Å². The summed E-state index contributed by atoms with van der Waals surface area (Å²) < 4.78 is 0. The summed E-state index contributed by atoms with van der Waals surface area (Å²) in [5.41, 5.74) is 4.99. The molecule has 1 fully saturated rings. The molecule has 2 aliphatic carbocycles. The summed E-state index contributed by atoms with van der Waals surface area (Å²) in [6.07, 6.45) is 10.2. The van der Waals surface area contributed by atoms with E-state index in [4.69, 9.17) is 0 Å². The van der Waals surface area contributed by atoms with Crippen LogP contribution in [-0.2, 0) is 21.4 Å². The van der Waals surface area contributed by atoms with Gasteiger partial charge in [0.15, 0.2) is 5.78 Å². The molecule has 0 saturated heterocycles. The normalized spacial score (nSPS) is 21.8. The summed E-state index contributed by atoms with van der Waals surface area (Å²) in [4.78, 5) is 37.6. The smallest absolute Gasteiger partial charge is 0.163 e. The third-order valence-corrected chi connectivity index (χ3v) is 8.31. The first-order valence-corrected chi connectivity index (χ1v) is 12.9. The van der Waals surface area contributed by atoms with E-state index in [0.717, 1.165) is 37.7 Å². The number of carbonyl (C=O) groups excluding carboxylic acids is 3. The minimum atomic E-state index is -0.0678. The maximum absolute atomic E-state index is 13.3. The lowest BCUT2D eigenvalue weighted by Crippen LogP contribution is -2.30. The molecule has 0 aromatic heterocycles. The van der Waals surface area contributed by atoms with E-state index >= 15 is 0 Å². The number of rotatable bonds is 10. The molecule has 3 atom stereocenters. The highest BCUT2D eigenvalue weighted by Crippen LogP contribution is 2.44. The highest BCUT2D eigenvalue weighted by molar-refractivity contribution is 6.00. The van der Waals surface area contributed by atoms with Gasteiger partial charge in [-0.3, -0.25) is 14.4 Å². The van der Waals surface area contributed by atoms with Gasteiger partial charge in [-0.25, -0.2) is 0 Å². The molecule has 2 aliphatic rings. The molecule has 0 aliphatic heterocycles. The van der Waals surface area contributed by atoms with Crippen LogP contribution in [0.4, 0.5) is 0 Å². The predicted octanol–water partition coefficient (Wildman–Crippen LogP) is 6.95. The highest BCUT2D eigenvalue weighted by atomic mass is 16.1. The van der Waals surface area contributed by atoms with Gasteiger partial charge in [0, 0.05) is 17.9 Å². The summed E-state index contributed by atoms with van der Waals surface area (Å²) >= 11 is 0. The molecule has 3 heteroatoms. The van der Waals surface area contributed by atoms with Crippen LogP contribution in [0.3, 0.4) is 0 Å². The van der Waals surface area contributed by atoms with Crippen LogP contribution < -0.4 is 0 Å². The van der Waals surface area contributed by atoms with Crippen molar-refractivity contribution in [3.63, 3.8) is 0 Å². The Kier molecular flexibility index (Phi) is 8.11. The second-order valence-electron chi connectivity index (χ2n) is 10.9. The van der Waals surface area contributed by atoms with Gasteiger partial charge in [0.25, 0.3) is 0 Å². The molecule has 3 unspecified atom stereocenters. The van der Waals surface area contributed by atoms with E-state index in [0.29, 0.717) is 6.42 Å². The topological polar surface area (TPSA) is 51.2 Å². The Morgan fingerprint density at radius 1 is 1.12 bits per heavy atom. The van der Waals surface area contributed by atoms with Crippen molar-refractivity contribution in [2.75, 3.05) is 0 Å². The Labute approximate surface area is 194 Å². The van der Waals surface area contributed by atoms with Crippen molar-refractivity contribution in [2.24, 2.45) is 17.8 Å². The van der Waals surface area contributed by atoms with Crippen LogP contribution in [0.1, 0.15) is 119 Å². The zero-order chi connectivity index (χ0) is 23.5. The molecule has 0 radical (unpaired) electrons. The Balaban J connectivity index is 1.80. The fourth-order valence-electron chi connectivity index (χ4n) is 6.80. The third kappa shape index (κ3) is 5.24. The molecule has 0 amide bonds. The number of Topliss-reactive ketones (excluding diaryl/α,β-unsaturated/α-hetero) is 3. The molecule has 1 saturated carbocycles. The van der Waals surface area contributed by atoms with Gasteiger partial charge in [0.05, 0.1) is 6.42 Å². The van der Waals surface area contributed by atoms with Gasteiger partial charge in [-0.1, -0.05) is 58.6 Å². The molecule has 1 aromatic carbocycles. The Hall–Kier alpha value is -1.77. The number of benzene rings is 1. The van der Waals surface area contributed by atoms with Gasteiger partial charge < -0.3 is 0 Å². The minimum absolute atomic E-state index is 0.0475. The van der Waals surface area contributed by atoms with E-state index in [2.05, 4.69) is 39.8 Å². The Bertz CT molecular complexity index is 859. The zero-order valence-corrected chi connectivity index (χ0v) is 20.9. The lowest BCUT2D eigenvalue weighted by atomic mass is 9.70. The van der Waals surface area contributed by atoms with E-state index in [1.807, 2.05) is 0 Å². The largest absolute Gasteiger partial charge is 0.300 e. The number of hydrogen-bond donors (Lipinski definition) is 0. The van der Waals surface area contributed by atoms with Crippen LogP contribution in [0.15, 0.2) is 12.1 Å². The average molecular weight is 439 g/mol. The Morgan fingerprint density at radius 2 is 1.81 bits per heavy atom. The van der Waals surface area contributed by atoms with E-state index < -0.39 is 0 Å². The molecule has 32 heavy (non-hydrogen) atoms. The molecule has 1 aromatic rings. The predicted molar refractivity (Wildman–Crippen MR) is 130 cm³/mol. The summed E-state index contributed by atoms with van der Waals surface area (Å²) in [7, 11) is 0. The molecule has 0 N–H and O–H groups in total. The van der Waals surface area contributed by atoms with Crippen LogP contribution >= 0.6 is 0 Å². The van der Waals surface area contributed by atoms with Crippen molar-refractivity contribution in [1.29, 1.82) is 0 Å². The van der Waals surface area contributed by atoms with Crippen molar-refractivity contribution in [3.05, 3.63) is 34.4 Å². The van der Waals surface area contributed by atoms with Gasteiger partial charge in [0.2, 0.25) is 0 Å². The zero-order valence-electron chi connectivity index (χ0n) is 20.9. The maximum atomic E-state index is 13.3. The quantitative estimate of drug-likeness (QED) is 0.371. The van der Waals surface area contributed by atoms with E-state index in [1.54, 1.807) is 0 Å². The summed E-state index contributed by atoms with van der Waals surface area (Å²) in [5.74, 6) is 0.809. The van der Waals surface area contributed by atoms with Crippen LogP contribution in [0.5, 0.6) is 0 Å². The van der Waals surface area contributed by atoms with Gasteiger partial charge in [-0.2, -0.15) is 0 Å².